The molecule has 31 heavy (non-hydrogen) atoms. The van der Waals surface area contributed by atoms with Crippen LogP contribution in [0.3, 0.4) is 0 Å². The van der Waals surface area contributed by atoms with Crippen LogP contribution in [0.15, 0.2) is 81.4 Å². The van der Waals surface area contributed by atoms with Gasteiger partial charge in [-0.25, -0.2) is 17.9 Å². The standard InChI is InChI=1S/C21H17N3O5S2/c25-21(28-14-19-23-24-20(29-19)18-10-5-11-30-18)16-8-4-9-17(12-16)31(26,27)22-13-15-6-2-1-3-7-15/h1-12,22H,13-14H2. The second-order valence-electron chi connectivity index (χ2n) is 6.39. The average molecular weight is 456 g/mol. The summed E-state index contributed by atoms with van der Waals surface area (Å²) in [7, 11) is -3.80. The Bertz CT molecular complexity index is 1270. The van der Waals surface area contributed by atoms with Crippen LogP contribution in [0.25, 0.3) is 10.8 Å². The van der Waals surface area contributed by atoms with Gasteiger partial charge in [0.2, 0.25) is 10.0 Å². The van der Waals surface area contributed by atoms with Crippen molar-refractivity contribution in [1.82, 2.24) is 14.9 Å². The van der Waals surface area contributed by atoms with Crippen molar-refractivity contribution in [3.63, 3.8) is 0 Å². The number of rotatable bonds is 8. The monoisotopic (exact) mass is 455 g/mol. The third-order valence-electron chi connectivity index (χ3n) is 4.21. The molecular formula is C21H17N3O5S2. The molecule has 0 atom stereocenters. The highest BCUT2D eigenvalue weighted by atomic mass is 32.2. The van der Waals surface area contributed by atoms with Gasteiger partial charge in [0.15, 0.2) is 6.61 Å². The molecule has 0 aliphatic rings. The van der Waals surface area contributed by atoms with Gasteiger partial charge in [0.05, 0.1) is 15.3 Å². The van der Waals surface area contributed by atoms with Crippen molar-refractivity contribution < 1.29 is 22.4 Å². The highest BCUT2D eigenvalue weighted by Gasteiger charge is 2.18. The number of nitrogens with one attached hydrogen (secondary N) is 1. The summed E-state index contributed by atoms with van der Waals surface area (Å²) in [5.74, 6) is -0.209. The summed E-state index contributed by atoms with van der Waals surface area (Å²) in [4.78, 5) is 13.2. The summed E-state index contributed by atoms with van der Waals surface area (Å²) in [5, 5.41) is 9.65. The van der Waals surface area contributed by atoms with Gasteiger partial charge in [0.25, 0.3) is 11.8 Å². The number of aromatic nitrogens is 2. The van der Waals surface area contributed by atoms with Crippen molar-refractivity contribution in [2.45, 2.75) is 18.0 Å². The fourth-order valence-corrected chi connectivity index (χ4v) is 4.38. The average Bonchev–Trinajstić information content (AvgIpc) is 3.49. The molecule has 0 saturated heterocycles. The van der Waals surface area contributed by atoms with Crippen LogP contribution in [-0.4, -0.2) is 24.6 Å². The zero-order valence-corrected chi connectivity index (χ0v) is 17.7. The van der Waals surface area contributed by atoms with E-state index in [1.165, 1.54) is 35.6 Å². The van der Waals surface area contributed by atoms with Crippen molar-refractivity contribution in [2.24, 2.45) is 0 Å². The lowest BCUT2D eigenvalue weighted by molar-refractivity contribution is 0.0438. The largest absolute Gasteiger partial charge is 0.452 e. The van der Waals surface area contributed by atoms with E-state index in [0.717, 1.165) is 10.4 Å². The van der Waals surface area contributed by atoms with E-state index in [1.54, 1.807) is 0 Å². The number of benzene rings is 2. The molecule has 2 aromatic carbocycles. The molecule has 0 amide bonds. The first kappa shape index (κ1) is 20.9. The van der Waals surface area contributed by atoms with E-state index in [2.05, 4.69) is 14.9 Å². The van der Waals surface area contributed by atoms with Gasteiger partial charge in [-0.3, -0.25) is 0 Å². The summed E-state index contributed by atoms with van der Waals surface area (Å²) in [6, 6.07) is 18.5. The Morgan fingerprint density at radius 2 is 1.87 bits per heavy atom. The van der Waals surface area contributed by atoms with E-state index in [1.807, 2.05) is 47.8 Å². The maximum absolute atomic E-state index is 12.6. The second kappa shape index (κ2) is 9.21. The highest BCUT2D eigenvalue weighted by molar-refractivity contribution is 7.89. The molecule has 0 spiro atoms. The zero-order valence-electron chi connectivity index (χ0n) is 16.1. The highest BCUT2D eigenvalue weighted by Crippen LogP contribution is 2.23. The van der Waals surface area contributed by atoms with Gasteiger partial charge in [-0.2, -0.15) is 0 Å². The van der Waals surface area contributed by atoms with Gasteiger partial charge in [-0.05, 0) is 35.2 Å². The van der Waals surface area contributed by atoms with E-state index >= 15 is 0 Å². The number of ether oxygens (including phenoxy) is 1. The third kappa shape index (κ3) is 5.23. The van der Waals surface area contributed by atoms with Gasteiger partial charge in [-0.15, -0.1) is 21.5 Å². The van der Waals surface area contributed by atoms with E-state index in [-0.39, 0.29) is 29.5 Å². The minimum atomic E-state index is -3.80. The van der Waals surface area contributed by atoms with Crippen LogP contribution < -0.4 is 4.72 Å². The molecular weight excluding hydrogens is 438 g/mol. The topological polar surface area (TPSA) is 111 Å². The number of thiophene rings is 1. The quantitative estimate of drug-likeness (QED) is 0.404. The third-order valence-corrected chi connectivity index (χ3v) is 6.47. The molecule has 0 unspecified atom stereocenters. The normalized spacial score (nSPS) is 11.4. The van der Waals surface area contributed by atoms with E-state index in [4.69, 9.17) is 9.15 Å². The molecule has 2 aromatic heterocycles. The van der Waals surface area contributed by atoms with E-state index in [0.29, 0.717) is 5.89 Å². The van der Waals surface area contributed by atoms with Crippen molar-refractivity contribution in [1.29, 1.82) is 0 Å². The molecule has 4 aromatic rings. The van der Waals surface area contributed by atoms with Gasteiger partial charge in [0, 0.05) is 6.54 Å². The van der Waals surface area contributed by atoms with Crippen LogP contribution in [-0.2, 0) is 27.9 Å². The van der Waals surface area contributed by atoms with Crippen molar-refractivity contribution in [2.75, 3.05) is 0 Å². The summed E-state index contributed by atoms with van der Waals surface area (Å²) < 4.78 is 38.3. The second-order valence-corrected chi connectivity index (χ2v) is 9.11. The van der Waals surface area contributed by atoms with Crippen LogP contribution >= 0.6 is 11.3 Å². The summed E-state index contributed by atoms with van der Waals surface area (Å²) in [6.45, 7) is -0.0813. The van der Waals surface area contributed by atoms with Gasteiger partial charge in [-0.1, -0.05) is 42.5 Å². The Morgan fingerprint density at radius 3 is 2.65 bits per heavy atom. The molecule has 0 aliphatic carbocycles. The molecule has 0 fully saturated rings. The summed E-state index contributed by atoms with van der Waals surface area (Å²) in [6.07, 6.45) is 0. The fourth-order valence-electron chi connectivity index (χ4n) is 2.67. The Hall–Kier alpha value is -3.34. The summed E-state index contributed by atoms with van der Waals surface area (Å²) >= 11 is 1.45. The van der Waals surface area contributed by atoms with Gasteiger partial charge >= 0.3 is 5.97 Å². The Kier molecular flexibility index (Phi) is 6.21. The lowest BCUT2D eigenvalue weighted by Crippen LogP contribution is -2.23. The minimum Gasteiger partial charge on any atom is -0.452 e. The van der Waals surface area contributed by atoms with Crippen LogP contribution in [0.1, 0.15) is 21.8 Å². The molecule has 10 heteroatoms. The van der Waals surface area contributed by atoms with Crippen molar-refractivity contribution in [3.05, 3.63) is 89.1 Å². The van der Waals surface area contributed by atoms with Gasteiger partial charge < -0.3 is 9.15 Å². The van der Waals surface area contributed by atoms with Gasteiger partial charge in [0.1, 0.15) is 0 Å². The lowest BCUT2D eigenvalue weighted by atomic mass is 10.2. The summed E-state index contributed by atoms with van der Waals surface area (Å²) in [5.41, 5.74) is 0.920. The molecule has 8 nitrogen and oxygen atoms in total. The molecule has 0 saturated carbocycles. The first-order valence-electron chi connectivity index (χ1n) is 9.18. The lowest BCUT2D eigenvalue weighted by Gasteiger charge is -2.08. The molecule has 0 bridgehead atoms. The number of sulfonamides is 1. The predicted molar refractivity (Wildman–Crippen MR) is 114 cm³/mol. The number of carbonyl (C=O) groups is 1. The predicted octanol–water partition coefficient (Wildman–Crippen LogP) is 3.63. The molecule has 4 rings (SSSR count). The van der Waals surface area contributed by atoms with Crippen molar-refractivity contribution in [3.8, 4) is 10.8 Å². The van der Waals surface area contributed by atoms with E-state index in [9.17, 15) is 13.2 Å². The first-order chi connectivity index (χ1) is 15.0. The maximum Gasteiger partial charge on any atom is 0.338 e. The Balaban J connectivity index is 1.39. The van der Waals surface area contributed by atoms with Crippen LogP contribution in [0.4, 0.5) is 0 Å². The molecule has 158 valence electrons. The number of nitrogens with zero attached hydrogens (tertiary/aromatic N) is 2. The smallest absolute Gasteiger partial charge is 0.338 e. The molecule has 2 heterocycles. The van der Waals surface area contributed by atoms with Crippen LogP contribution in [0.2, 0.25) is 0 Å². The first-order valence-corrected chi connectivity index (χ1v) is 11.5. The molecule has 0 aliphatic heterocycles. The fraction of sp³-hybridized carbons (Fsp3) is 0.0952. The van der Waals surface area contributed by atoms with Crippen molar-refractivity contribution >= 4 is 27.3 Å². The minimum absolute atomic E-state index is 0.0318. The van der Waals surface area contributed by atoms with Crippen LogP contribution in [0.5, 0.6) is 0 Å². The maximum atomic E-state index is 12.6. The number of carbonyl (C=O) groups excluding carboxylic acids is 1. The SMILES string of the molecule is O=C(OCc1nnc(-c2cccs2)o1)c1cccc(S(=O)(=O)NCc2ccccc2)c1. The Morgan fingerprint density at radius 1 is 1.03 bits per heavy atom. The Labute approximate surface area is 182 Å². The molecule has 0 radical (unpaired) electrons. The number of esters is 1. The van der Waals surface area contributed by atoms with E-state index < -0.39 is 16.0 Å². The number of hydrogen-bond acceptors (Lipinski definition) is 8. The zero-order chi connectivity index (χ0) is 21.7. The number of hydrogen-bond donors (Lipinski definition) is 1. The van der Waals surface area contributed by atoms with Crippen LogP contribution in [0, 0.1) is 0 Å². The molecule has 1 N–H and O–H groups in total.